The summed E-state index contributed by atoms with van der Waals surface area (Å²) >= 11 is 1.48. The first-order valence-electron chi connectivity index (χ1n) is 5.68. The van der Waals surface area contributed by atoms with Gasteiger partial charge < -0.3 is 10.6 Å². The second kappa shape index (κ2) is 5.34. The number of nitrogens with two attached hydrogens (primary N) is 1. The number of hydrogen-bond donors (Lipinski definition) is 1. The summed E-state index contributed by atoms with van der Waals surface area (Å²) in [4.78, 5) is 15.9. The van der Waals surface area contributed by atoms with Crippen molar-refractivity contribution in [1.82, 2.24) is 4.90 Å². The second-order valence-electron chi connectivity index (χ2n) is 3.97. The van der Waals surface area contributed by atoms with E-state index in [0.717, 1.165) is 22.7 Å². The van der Waals surface area contributed by atoms with Gasteiger partial charge in [-0.1, -0.05) is 6.92 Å². The topological polar surface area (TPSA) is 46.3 Å². The maximum Gasteiger partial charge on any atom is 0.264 e. The van der Waals surface area contributed by atoms with Gasteiger partial charge in [0.1, 0.15) is 0 Å². The Morgan fingerprint density at radius 3 is 2.56 bits per heavy atom. The average molecular weight is 240 g/mol. The Morgan fingerprint density at radius 2 is 2.19 bits per heavy atom. The largest absolute Gasteiger partial charge is 0.398 e. The van der Waals surface area contributed by atoms with Gasteiger partial charge in [0.2, 0.25) is 0 Å². The van der Waals surface area contributed by atoms with Crippen LogP contribution in [-0.4, -0.2) is 23.4 Å². The molecule has 0 spiro atoms. The minimum absolute atomic E-state index is 0.0988. The lowest BCUT2D eigenvalue weighted by Crippen LogP contribution is -2.37. The SMILES string of the molecule is CCC(C)N(CC)C(=O)c1cc(N)c(C)s1. The second-order valence-corrected chi connectivity index (χ2v) is 5.23. The molecule has 0 saturated carbocycles. The molecule has 1 rings (SSSR count). The van der Waals surface area contributed by atoms with Crippen LogP contribution in [0.15, 0.2) is 6.07 Å². The summed E-state index contributed by atoms with van der Waals surface area (Å²) in [7, 11) is 0. The third-order valence-corrected chi connectivity index (χ3v) is 3.95. The number of nitrogen functional groups attached to an aromatic ring is 1. The molecule has 16 heavy (non-hydrogen) atoms. The van der Waals surface area contributed by atoms with E-state index in [0.29, 0.717) is 5.69 Å². The first kappa shape index (κ1) is 13.0. The summed E-state index contributed by atoms with van der Waals surface area (Å²) in [6, 6.07) is 2.06. The first-order valence-corrected chi connectivity index (χ1v) is 6.49. The maximum atomic E-state index is 12.2. The van der Waals surface area contributed by atoms with Gasteiger partial charge in [0.05, 0.1) is 4.88 Å². The zero-order valence-electron chi connectivity index (χ0n) is 10.4. The van der Waals surface area contributed by atoms with Gasteiger partial charge in [-0.3, -0.25) is 4.79 Å². The van der Waals surface area contributed by atoms with Gasteiger partial charge in [-0.15, -0.1) is 11.3 Å². The van der Waals surface area contributed by atoms with Crippen LogP contribution in [-0.2, 0) is 0 Å². The fourth-order valence-corrected chi connectivity index (χ4v) is 2.52. The lowest BCUT2D eigenvalue weighted by Gasteiger charge is -2.26. The van der Waals surface area contributed by atoms with E-state index in [1.54, 1.807) is 6.07 Å². The highest BCUT2D eigenvalue weighted by molar-refractivity contribution is 7.14. The van der Waals surface area contributed by atoms with Gasteiger partial charge in [-0.2, -0.15) is 0 Å². The highest BCUT2D eigenvalue weighted by Crippen LogP contribution is 2.25. The molecule has 1 aromatic heterocycles. The van der Waals surface area contributed by atoms with Crippen LogP contribution < -0.4 is 5.73 Å². The molecule has 1 unspecified atom stereocenters. The lowest BCUT2D eigenvalue weighted by molar-refractivity contribution is 0.0705. The lowest BCUT2D eigenvalue weighted by atomic mass is 10.2. The normalized spacial score (nSPS) is 12.5. The fourth-order valence-electron chi connectivity index (χ4n) is 1.62. The zero-order valence-corrected chi connectivity index (χ0v) is 11.2. The molecule has 1 amide bonds. The van der Waals surface area contributed by atoms with E-state index in [1.807, 2.05) is 18.7 Å². The van der Waals surface area contributed by atoms with Gasteiger partial charge in [0.15, 0.2) is 0 Å². The van der Waals surface area contributed by atoms with E-state index in [1.165, 1.54) is 11.3 Å². The van der Waals surface area contributed by atoms with Gasteiger partial charge in [0.25, 0.3) is 5.91 Å². The molecule has 1 atom stereocenters. The van der Waals surface area contributed by atoms with Crippen LogP contribution in [0, 0.1) is 6.92 Å². The molecule has 0 aromatic carbocycles. The summed E-state index contributed by atoms with van der Waals surface area (Å²) < 4.78 is 0. The minimum atomic E-state index is 0.0988. The van der Waals surface area contributed by atoms with Crippen molar-refractivity contribution in [2.24, 2.45) is 0 Å². The van der Waals surface area contributed by atoms with Crippen LogP contribution in [0.5, 0.6) is 0 Å². The zero-order chi connectivity index (χ0) is 12.3. The van der Waals surface area contributed by atoms with Gasteiger partial charge in [-0.05, 0) is 33.3 Å². The molecule has 0 aliphatic heterocycles. The Balaban J connectivity index is 2.91. The van der Waals surface area contributed by atoms with Crippen molar-refractivity contribution in [3.8, 4) is 0 Å². The Labute approximate surface area is 101 Å². The van der Waals surface area contributed by atoms with Crippen LogP contribution >= 0.6 is 11.3 Å². The van der Waals surface area contributed by atoms with E-state index in [2.05, 4.69) is 13.8 Å². The van der Waals surface area contributed by atoms with Crippen molar-refractivity contribution in [3.63, 3.8) is 0 Å². The molecule has 1 heterocycles. The number of amides is 1. The van der Waals surface area contributed by atoms with Crippen molar-refractivity contribution < 1.29 is 4.79 Å². The molecule has 0 saturated heterocycles. The molecule has 0 aliphatic rings. The van der Waals surface area contributed by atoms with Crippen molar-refractivity contribution in [1.29, 1.82) is 0 Å². The predicted octanol–water partition coefficient (Wildman–Crippen LogP) is 2.90. The van der Waals surface area contributed by atoms with E-state index < -0.39 is 0 Å². The molecule has 4 heteroatoms. The van der Waals surface area contributed by atoms with Crippen LogP contribution in [0.3, 0.4) is 0 Å². The van der Waals surface area contributed by atoms with Crippen LogP contribution in [0.4, 0.5) is 5.69 Å². The fraction of sp³-hybridized carbons (Fsp3) is 0.583. The molecular weight excluding hydrogens is 220 g/mol. The molecule has 2 N–H and O–H groups in total. The third-order valence-electron chi connectivity index (χ3n) is 2.89. The average Bonchev–Trinajstić information content (AvgIpc) is 2.59. The van der Waals surface area contributed by atoms with Crippen molar-refractivity contribution in [3.05, 3.63) is 15.8 Å². The molecule has 0 aliphatic carbocycles. The van der Waals surface area contributed by atoms with E-state index in [9.17, 15) is 4.79 Å². The van der Waals surface area contributed by atoms with Crippen LogP contribution in [0.1, 0.15) is 41.7 Å². The van der Waals surface area contributed by atoms with Crippen LogP contribution in [0.25, 0.3) is 0 Å². The molecule has 3 nitrogen and oxygen atoms in total. The minimum Gasteiger partial charge on any atom is -0.398 e. The summed E-state index contributed by atoms with van der Waals surface area (Å²) in [5, 5.41) is 0. The number of carbonyl (C=O) groups is 1. The Kier molecular flexibility index (Phi) is 4.35. The highest BCUT2D eigenvalue weighted by Gasteiger charge is 2.20. The molecule has 0 fully saturated rings. The highest BCUT2D eigenvalue weighted by atomic mass is 32.1. The quantitative estimate of drug-likeness (QED) is 0.879. The number of anilines is 1. The van der Waals surface area contributed by atoms with Crippen molar-refractivity contribution >= 4 is 22.9 Å². The van der Waals surface area contributed by atoms with E-state index in [-0.39, 0.29) is 11.9 Å². The number of carbonyl (C=O) groups excluding carboxylic acids is 1. The number of rotatable bonds is 4. The number of aryl methyl sites for hydroxylation is 1. The Morgan fingerprint density at radius 1 is 1.56 bits per heavy atom. The first-order chi connectivity index (χ1) is 7.51. The standard InChI is InChI=1S/C12H20N2OS/c1-5-8(3)14(6-2)12(15)11-7-10(13)9(4)16-11/h7-8H,5-6,13H2,1-4H3. The van der Waals surface area contributed by atoms with Crippen molar-refractivity contribution in [2.75, 3.05) is 12.3 Å². The van der Waals surface area contributed by atoms with Gasteiger partial charge >= 0.3 is 0 Å². The maximum absolute atomic E-state index is 12.2. The summed E-state index contributed by atoms with van der Waals surface area (Å²) in [5.74, 6) is 0.0988. The number of nitrogens with zero attached hydrogens (tertiary/aromatic N) is 1. The van der Waals surface area contributed by atoms with E-state index >= 15 is 0 Å². The van der Waals surface area contributed by atoms with Crippen molar-refractivity contribution in [2.45, 2.75) is 40.2 Å². The molecule has 1 aromatic rings. The molecule has 0 radical (unpaired) electrons. The monoisotopic (exact) mass is 240 g/mol. The predicted molar refractivity (Wildman–Crippen MR) is 69.9 cm³/mol. The third kappa shape index (κ3) is 2.55. The molecule has 0 bridgehead atoms. The van der Waals surface area contributed by atoms with Crippen LogP contribution in [0.2, 0.25) is 0 Å². The number of thiophene rings is 1. The summed E-state index contributed by atoms with van der Waals surface area (Å²) in [5.41, 5.74) is 6.48. The smallest absolute Gasteiger partial charge is 0.264 e. The molecule has 90 valence electrons. The summed E-state index contributed by atoms with van der Waals surface area (Å²) in [6.45, 7) is 8.86. The Bertz CT molecular complexity index is 354. The van der Waals surface area contributed by atoms with Gasteiger partial charge in [0, 0.05) is 23.2 Å². The van der Waals surface area contributed by atoms with Gasteiger partial charge in [-0.25, -0.2) is 0 Å². The summed E-state index contributed by atoms with van der Waals surface area (Å²) in [6.07, 6.45) is 0.972. The number of hydrogen-bond acceptors (Lipinski definition) is 3. The van der Waals surface area contributed by atoms with E-state index in [4.69, 9.17) is 5.73 Å². The molecular formula is C12H20N2OS. The Hall–Kier alpha value is -1.03.